The highest BCUT2D eigenvalue weighted by Gasteiger charge is 2.29. The Morgan fingerprint density at radius 3 is 2.33 bits per heavy atom. The van der Waals surface area contributed by atoms with E-state index in [0.717, 1.165) is 16.7 Å². The number of aryl methyl sites for hydroxylation is 2. The fraction of sp³-hybridized carbons (Fsp3) is 0.208. The van der Waals surface area contributed by atoms with E-state index in [0.29, 0.717) is 11.4 Å². The fourth-order valence-corrected chi connectivity index (χ4v) is 3.91. The average Bonchev–Trinajstić information content (AvgIpc) is 3.06. The third-order valence-corrected chi connectivity index (χ3v) is 5.28. The zero-order valence-electron chi connectivity index (χ0n) is 16.6. The number of aliphatic carboxylic acids is 1. The van der Waals surface area contributed by atoms with Gasteiger partial charge in [0.05, 0.1) is 0 Å². The van der Waals surface area contributed by atoms with Gasteiger partial charge in [-0.1, -0.05) is 54.6 Å². The van der Waals surface area contributed by atoms with Gasteiger partial charge in [-0.3, -0.25) is 10.1 Å². The van der Waals surface area contributed by atoms with Gasteiger partial charge >= 0.3 is 12.1 Å². The third kappa shape index (κ3) is 4.03. The number of amides is 1. The van der Waals surface area contributed by atoms with E-state index >= 15 is 0 Å². The lowest BCUT2D eigenvalue weighted by molar-refractivity contribution is -0.136. The lowest BCUT2D eigenvalue weighted by Gasteiger charge is -2.15. The van der Waals surface area contributed by atoms with Gasteiger partial charge in [-0.15, -0.1) is 0 Å². The fourth-order valence-electron chi connectivity index (χ4n) is 3.91. The quantitative estimate of drug-likeness (QED) is 0.620. The lowest BCUT2D eigenvalue weighted by atomic mass is 9.98. The number of aromatic nitrogens is 1. The summed E-state index contributed by atoms with van der Waals surface area (Å²) in [6.45, 7) is 2.07. The van der Waals surface area contributed by atoms with Gasteiger partial charge in [-0.25, -0.2) is 9.78 Å². The standard InChI is InChI=1S/C24H22N2O4/c1-15-12-16(10-11-22(27)28)23(25-13-15)26-24(29)30-14-21-19-8-4-2-6-17(19)18-7-3-5-9-20(18)21/h2-9,12-13,21H,10-11,14H2,1H3,(H,27,28)(H,25,26,29). The summed E-state index contributed by atoms with van der Waals surface area (Å²) in [7, 11) is 0. The minimum absolute atomic E-state index is 0.0272. The van der Waals surface area contributed by atoms with Gasteiger partial charge in [0.2, 0.25) is 0 Å². The maximum Gasteiger partial charge on any atom is 0.412 e. The molecule has 4 rings (SSSR count). The number of anilines is 1. The molecule has 0 bridgehead atoms. The second-order valence-corrected chi connectivity index (χ2v) is 7.36. The number of nitrogens with one attached hydrogen (secondary N) is 1. The van der Waals surface area contributed by atoms with E-state index in [-0.39, 0.29) is 25.4 Å². The van der Waals surface area contributed by atoms with Gasteiger partial charge in [0.25, 0.3) is 0 Å². The van der Waals surface area contributed by atoms with E-state index in [9.17, 15) is 9.59 Å². The van der Waals surface area contributed by atoms with Crippen LogP contribution in [-0.4, -0.2) is 28.8 Å². The Balaban J connectivity index is 1.47. The van der Waals surface area contributed by atoms with Crippen LogP contribution in [0.2, 0.25) is 0 Å². The molecule has 0 saturated carbocycles. The van der Waals surface area contributed by atoms with Crippen molar-refractivity contribution in [1.29, 1.82) is 0 Å². The second kappa shape index (κ2) is 8.37. The van der Waals surface area contributed by atoms with Gasteiger partial charge in [-0.05, 0) is 46.7 Å². The number of rotatable bonds is 6. The summed E-state index contributed by atoms with van der Waals surface area (Å²) in [5.41, 5.74) is 6.18. The number of carbonyl (C=O) groups is 2. The molecule has 0 aliphatic heterocycles. The summed E-state index contributed by atoms with van der Waals surface area (Å²) >= 11 is 0. The minimum atomic E-state index is -0.899. The highest BCUT2D eigenvalue weighted by atomic mass is 16.5. The molecule has 2 aromatic carbocycles. The minimum Gasteiger partial charge on any atom is -0.481 e. The molecule has 1 aromatic heterocycles. The molecule has 6 heteroatoms. The molecular weight excluding hydrogens is 380 g/mol. The number of hydrogen-bond donors (Lipinski definition) is 2. The summed E-state index contributed by atoms with van der Waals surface area (Å²) in [5.74, 6) is -0.594. The first-order chi connectivity index (χ1) is 14.5. The SMILES string of the molecule is Cc1cnc(NC(=O)OCC2c3ccccc3-c3ccccc32)c(CCC(=O)O)c1. The Kier molecular flexibility index (Phi) is 5.48. The van der Waals surface area contributed by atoms with E-state index in [1.165, 1.54) is 11.1 Å². The number of hydrogen-bond acceptors (Lipinski definition) is 4. The van der Waals surface area contributed by atoms with Crippen LogP contribution in [0.4, 0.5) is 10.6 Å². The number of carbonyl (C=O) groups excluding carboxylic acids is 1. The van der Waals surface area contributed by atoms with Crippen molar-refractivity contribution in [3.63, 3.8) is 0 Å². The molecule has 6 nitrogen and oxygen atoms in total. The van der Waals surface area contributed by atoms with Crippen molar-refractivity contribution in [3.05, 3.63) is 83.0 Å². The molecule has 1 aliphatic carbocycles. The molecule has 152 valence electrons. The van der Waals surface area contributed by atoms with Gasteiger partial charge in [0.15, 0.2) is 0 Å². The van der Waals surface area contributed by atoms with Gasteiger partial charge < -0.3 is 9.84 Å². The maximum atomic E-state index is 12.5. The third-order valence-electron chi connectivity index (χ3n) is 5.28. The molecule has 0 spiro atoms. The largest absolute Gasteiger partial charge is 0.481 e. The molecule has 1 amide bonds. The Morgan fingerprint density at radius 2 is 1.70 bits per heavy atom. The van der Waals surface area contributed by atoms with Crippen LogP contribution in [0.15, 0.2) is 60.8 Å². The first-order valence-corrected chi connectivity index (χ1v) is 9.82. The van der Waals surface area contributed by atoms with E-state index in [4.69, 9.17) is 9.84 Å². The molecule has 1 aliphatic rings. The zero-order chi connectivity index (χ0) is 21.1. The van der Waals surface area contributed by atoms with Crippen molar-refractivity contribution >= 4 is 17.9 Å². The van der Waals surface area contributed by atoms with Crippen LogP contribution in [0.25, 0.3) is 11.1 Å². The van der Waals surface area contributed by atoms with E-state index in [1.54, 1.807) is 6.20 Å². The summed E-state index contributed by atoms with van der Waals surface area (Å²) < 4.78 is 5.55. The van der Waals surface area contributed by atoms with Crippen molar-refractivity contribution in [2.45, 2.75) is 25.7 Å². The van der Waals surface area contributed by atoms with Gasteiger partial charge in [0, 0.05) is 18.5 Å². The van der Waals surface area contributed by atoms with Gasteiger partial charge in [0.1, 0.15) is 12.4 Å². The number of benzene rings is 2. The summed E-state index contributed by atoms with van der Waals surface area (Å²) in [6.07, 6.45) is 1.27. The Bertz CT molecular complexity index is 1060. The summed E-state index contributed by atoms with van der Waals surface area (Å²) in [6, 6.07) is 18.1. The molecule has 0 saturated heterocycles. The average molecular weight is 402 g/mol. The normalized spacial score (nSPS) is 12.2. The van der Waals surface area contributed by atoms with Crippen LogP contribution in [0.5, 0.6) is 0 Å². The van der Waals surface area contributed by atoms with E-state index in [2.05, 4.69) is 34.6 Å². The van der Waals surface area contributed by atoms with Crippen LogP contribution in [0.3, 0.4) is 0 Å². The van der Waals surface area contributed by atoms with Crippen molar-refractivity contribution in [2.24, 2.45) is 0 Å². The van der Waals surface area contributed by atoms with E-state index in [1.807, 2.05) is 37.3 Å². The molecule has 3 aromatic rings. The molecule has 0 fully saturated rings. The van der Waals surface area contributed by atoms with Crippen molar-refractivity contribution in [1.82, 2.24) is 4.98 Å². The van der Waals surface area contributed by atoms with Crippen LogP contribution < -0.4 is 5.32 Å². The highest BCUT2D eigenvalue weighted by molar-refractivity contribution is 5.85. The topological polar surface area (TPSA) is 88.5 Å². The lowest BCUT2D eigenvalue weighted by Crippen LogP contribution is -2.19. The molecule has 30 heavy (non-hydrogen) atoms. The predicted molar refractivity (Wildman–Crippen MR) is 114 cm³/mol. The van der Waals surface area contributed by atoms with Crippen molar-refractivity contribution in [3.8, 4) is 11.1 Å². The highest BCUT2D eigenvalue weighted by Crippen LogP contribution is 2.44. The number of carboxylic acid groups (broad SMARTS) is 1. The maximum absolute atomic E-state index is 12.5. The summed E-state index contributed by atoms with van der Waals surface area (Å²) in [4.78, 5) is 27.6. The van der Waals surface area contributed by atoms with E-state index < -0.39 is 12.1 Å². The summed E-state index contributed by atoms with van der Waals surface area (Å²) in [5, 5.41) is 11.6. The number of carboxylic acids is 1. The molecule has 1 heterocycles. The molecule has 0 atom stereocenters. The molecule has 2 N–H and O–H groups in total. The Hall–Kier alpha value is -3.67. The van der Waals surface area contributed by atoms with Crippen molar-refractivity contribution in [2.75, 3.05) is 11.9 Å². The van der Waals surface area contributed by atoms with Gasteiger partial charge in [-0.2, -0.15) is 0 Å². The zero-order valence-corrected chi connectivity index (χ0v) is 16.6. The molecule has 0 unspecified atom stereocenters. The number of fused-ring (bicyclic) bond motifs is 3. The smallest absolute Gasteiger partial charge is 0.412 e. The second-order valence-electron chi connectivity index (χ2n) is 7.36. The van der Waals surface area contributed by atoms with Crippen LogP contribution in [-0.2, 0) is 16.0 Å². The molecule has 0 radical (unpaired) electrons. The first kappa shape index (κ1) is 19.6. The number of nitrogens with zero attached hydrogens (tertiary/aromatic N) is 1. The predicted octanol–water partition coefficient (Wildman–Crippen LogP) is 4.77. The monoisotopic (exact) mass is 402 g/mol. The van der Waals surface area contributed by atoms with Crippen molar-refractivity contribution < 1.29 is 19.4 Å². The van der Waals surface area contributed by atoms with Crippen LogP contribution in [0.1, 0.15) is 34.6 Å². The number of pyridine rings is 1. The first-order valence-electron chi connectivity index (χ1n) is 9.82. The number of ether oxygens (including phenoxy) is 1. The Morgan fingerprint density at radius 1 is 1.07 bits per heavy atom. The van der Waals surface area contributed by atoms with Crippen LogP contribution in [0, 0.1) is 6.92 Å². The Labute approximate surface area is 174 Å². The van der Waals surface area contributed by atoms with Crippen LogP contribution >= 0.6 is 0 Å². The molecular formula is C24H22N2O4.